The summed E-state index contributed by atoms with van der Waals surface area (Å²) in [5.41, 5.74) is 1.73. The minimum atomic E-state index is -2.44. The van der Waals surface area contributed by atoms with E-state index in [-0.39, 0.29) is 12.5 Å². The zero-order valence-corrected chi connectivity index (χ0v) is 12.3. The first-order chi connectivity index (χ1) is 9.11. The summed E-state index contributed by atoms with van der Waals surface area (Å²) in [7, 11) is 0. The third kappa shape index (κ3) is 3.64. The molecule has 104 valence electrons. The first-order valence-electron chi connectivity index (χ1n) is 5.68. The summed E-state index contributed by atoms with van der Waals surface area (Å²) < 4.78 is 31.7. The number of fused-ring (bicyclic) bond motifs is 1. The fourth-order valence-corrected chi connectivity index (χ4v) is 2.39. The highest BCUT2D eigenvalue weighted by Gasteiger charge is 2.10. The number of hydrogen-bond donors (Lipinski definition) is 0. The fourth-order valence-electron chi connectivity index (χ4n) is 1.83. The van der Waals surface area contributed by atoms with Crippen LogP contribution in [0.3, 0.4) is 0 Å². The lowest BCUT2D eigenvalue weighted by Gasteiger charge is -2.08. The Bertz CT molecular complexity index is 562. The molecule has 0 saturated heterocycles. The molecule has 0 bridgehead atoms. The van der Waals surface area contributed by atoms with Crippen molar-refractivity contribution in [3.8, 4) is 0 Å². The van der Waals surface area contributed by atoms with E-state index in [9.17, 15) is 8.78 Å². The molecular formula is C12H12BrClF2N2O. The van der Waals surface area contributed by atoms with Crippen molar-refractivity contribution in [3.05, 3.63) is 28.5 Å². The van der Waals surface area contributed by atoms with Gasteiger partial charge in [0.25, 0.3) is 6.43 Å². The second-order valence-corrected chi connectivity index (χ2v) is 5.10. The standard InChI is InChI=1S/C12H12BrClF2N2O/c13-8-1-2-10-9(5-8)17-12(6-14)18(10)3-4-19-7-11(15)16/h1-2,5,11H,3-4,6-7H2. The van der Waals surface area contributed by atoms with E-state index in [2.05, 4.69) is 20.9 Å². The van der Waals surface area contributed by atoms with Crippen LogP contribution >= 0.6 is 27.5 Å². The van der Waals surface area contributed by atoms with E-state index in [1.54, 1.807) is 0 Å². The molecule has 0 spiro atoms. The van der Waals surface area contributed by atoms with Crippen LogP contribution in [0.4, 0.5) is 8.78 Å². The monoisotopic (exact) mass is 352 g/mol. The Morgan fingerprint density at radius 1 is 1.42 bits per heavy atom. The van der Waals surface area contributed by atoms with Crippen molar-refractivity contribution in [2.24, 2.45) is 0 Å². The normalized spacial score (nSPS) is 11.6. The predicted molar refractivity (Wildman–Crippen MR) is 73.8 cm³/mol. The summed E-state index contributed by atoms with van der Waals surface area (Å²) in [5.74, 6) is 0.969. The molecule has 19 heavy (non-hydrogen) atoms. The van der Waals surface area contributed by atoms with E-state index in [0.29, 0.717) is 12.4 Å². The largest absolute Gasteiger partial charge is 0.374 e. The Kier molecular flexibility index (Phi) is 5.13. The molecule has 0 atom stereocenters. The molecule has 1 aromatic carbocycles. The van der Waals surface area contributed by atoms with E-state index in [1.165, 1.54) is 0 Å². The number of ether oxygens (including phenoxy) is 1. The summed E-state index contributed by atoms with van der Waals surface area (Å²) in [6.07, 6.45) is -2.44. The highest BCUT2D eigenvalue weighted by Crippen LogP contribution is 2.21. The van der Waals surface area contributed by atoms with E-state index >= 15 is 0 Å². The van der Waals surface area contributed by atoms with Crippen molar-refractivity contribution in [1.29, 1.82) is 0 Å². The van der Waals surface area contributed by atoms with E-state index in [0.717, 1.165) is 15.5 Å². The quantitative estimate of drug-likeness (QED) is 0.583. The van der Waals surface area contributed by atoms with Crippen molar-refractivity contribution in [2.45, 2.75) is 18.9 Å². The minimum Gasteiger partial charge on any atom is -0.374 e. The molecule has 0 amide bonds. The average molecular weight is 354 g/mol. The van der Waals surface area contributed by atoms with Gasteiger partial charge >= 0.3 is 0 Å². The fraction of sp³-hybridized carbons (Fsp3) is 0.417. The maximum atomic E-state index is 12.0. The molecular weight excluding hydrogens is 341 g/mol. The molecule has 0 aliphatic heterocycles. The molecule has 2 aromatic rings. The van der Waals surface area contributed by atoms with Gasteiger partial charge in [-0.2, -0.15) is 0 Å². The summed E-state index contributed by atoms with van der Waals surface area (Å²) >= 11 is 9.23. The van der Waals surface area contributed by atoms with Crippen molar-refractivity contribution in [1.82, 2.24) is 9.55 Å². The average Bonchev–Trinajstić information content (AvgIpc) is 2.71. The van der Waals surface area contributed by atoms with Crippen LogP contribution in [0.15, 0.2) is 22.7 Å². The van der Waals surface area contributed by atoms with Gasteiger partial charge in [0, 0.05) is 11.0 Å². The SMILES string of the molecule is FC(F)COCCn1c(CCl)nc2cc(Br)ccc21. The van der Waals surface area contributed by atoms with Gasteiger partial charge in [0.15, 0.2) is 0 Å². The number of halogens is 4. The van der Waals surface area contributed by atoms with E-state index in [1.807, 2.05) is 22.8 Å². The molecule has 7 heteroatoms. The molecule has 1 aromatic heterocycles. The summed E-state index contributed by atoms with van der Waals surface area (Å²) in [4.78, 5) is 4.40. The second kappa shape index (κ2) is 6.63. The van der Waals surface area contributed by atoms with Crippen LogP contribution in [0.2, 0.25) is 0 Å². The molecule has 1 heterocycles. The number of imidazole rings is 1. The van der Waals surface area contributed by atoms with Crippen LogP contribution in [-0.2, 0) is 17.2 Å². The number of alkyl halides is 3. The lowest BCUT2D eigenvalue weighted by atomic mass is 10.3. The van der Waals surface area contributed by atoms with Gasteiger partial charge in [-0.3, -0.25) is 0 Å². The predicted octanol–water partition coefficient (Wildman–Crippen LogP) is 3.82. The van der Waals surface area contributed by atoms with Crippen molar-refractivity contribution in [2.75, 3.05) is 13.2 Å². The molecule has 3 nitrogen and oxygen atoms in total. The van der Waals surface area contributed by atoms with Crippen molar-refractivity contribution in [3.63, 3.8) is 0 Å². The lowest BCUT2D eigenvalue weighted by Crippen LogP contribution is -2.12. The van der Waals surface area contributed by atoms with Gasteiger partial charge in [0.2, 0.25) is 0 Å². The van der Waals surface area contributed by atoms with Crippen LogP contribution in [0, 0.1) is 0 Å². The Morgan fingerprint density at radius 3 is 2.89 bits per heavy atom. The zero-order valence-electron chi connectivity index (χ0n) is 9.95. The number of benzene rings is 1. The topological polar surface area (TPSA) is 27.1 Å². The number of hydrogen-bond acceptors (Lipinski definition) is 2. The summed E-state index contributed by atoms with van der Waals surface area (Å²) in [5, 5.41) is 0. The van der Waals surface area contributed by atoms with Crippen LogP contribution in [-0.4, -0.2) is 29.2 Å². The van der Waals surface area contributed by atoms with E-state index < -0.39 is 13.0 Å². The summed E-state index contributed by atoms with van der Waals surface area (Å²) in [6, 6.07) is 5.70. The Balaban J connectivity index is 2.16. The number of nitrogens with zero attached hydrogens (tertiary/aromatic N) is 2. The number of aromatic nitrogens is 2. The van der Waals surface area contributed by atoms with Crippen molar-refractivity contribution >= 4 is 38.6 Å². The highest BCUT2D eigenvalue weighted by molar-refractivity contribution is 9.10. The maximum Gasteiger partial charge on any atom is 0.261 e. The molecule has 2 rings (SSSR count). The molecule has 0 aliphatic rings. The maximum absolute atomic E-state index is 12.0. The van der Waals surface area contributed by atoms with Crippen LogP contribution < -0.4 is 0 Å². The Labute approximate surface area is 122 Å². The highest BCUT2D eigenvalue weighted by atomic mass is 79.9. The molecule has 0 aliphatic carbocycles. The molecule has 0 unspecified atom stereocenters. The smallest absolute Gasteiger partial charge is 0.261 e. The van der Waals surface area contributed by atoms with Gasteiger partial charge in [0.05, 0.1) is 23.5 Å². The zero-order chi connectivity index (χ0) is 13.8. The third-order valence-electron chi connectivity index (χ3n) is 2.61. The van der Waals surface area contributed by atoms with Gasteiger partial charge in [-0.15, -0.1) is 11.6 Å². The van der Waals surface area contributed by atoms with Gasteiger partial charge in [-0.1, -0.05) is 15.9 Å². The van der Waals surface area contributed by atoms with Crippen LogP contribution in [0.5, 0.6) is 0 Å². The first-order valence-corrected chi connectivity index (χ1v) is 7.01. The molecule has 0 saturated carbocycles. The van der Waals surface area contributed by atoms with Crippen LogP contribution in [0.25, 0.3) is 11.0 Å². The molecule has 0 N–H and O–H groups in total. The summed E-state index contributed by atoms with van der Waals surface area (Å²) in [6.45, 7) is 0.108. The van der Waals surface area contributed by atoms with Gasteiger partial charge in [-0.25, -0.2) is 13.8 Å². The third-order valence-corrected chi connectivity index (χ3v) is 3.34. The van der Waals surface area contributed by atoms with Gasteiger partial charge < -0.3 is 9.30 Å². The minimum absolute atomic E-state index is 0.204. The number of rotatable bonds is 6. The Morgan fingerprint density at radius 2 is 2.21 bits per heavy atom. The Hall–Kier alpha value is -0.720. The first kappa shape index (κ1) is 14.7. The van der Waals surface area contributed by atoms with Gasteiger partial charge in [0.1, 0.15) is 12.4 Å². The van der Waals surface area contributed by atoms with Crippen LogP contribution in [0.1, 0.15) is 5.82 Å². The molecule has 0 fully saturated rings. The second-order valence-electron chi connectivity index (χ2n) is 3.91. The lowest BCUT2D eigenvalue weighted by molar-refractivity contribution is 0.0149. The van der Waals surface area contributed by atoms with Gasteiger partial charge in [-0.05, 0) is 18.2 Å². The molecule has 0 radical (unpaired) electrons. The van der Waals surface area contributed by atoms with E-state index in [4.69, 9.17) is 16.3 Å². The van der Waals surface area contributed by atoms with Crippen molar-refractivity contribution < 1.29 is 13.5 Å².